The van der Waals surface area contributed by atoms with E-state index in [-0.39, 0.29) is 51.3 Å². The number of nitrogens with zero attached hydrogens (tertiary/aromatic N) is 3. The fraction of sp³-hybridized carbons (Fsp3) is 0.634. The summed E-state index contributed by atoms with van der Waals surface area (Å²) in [5.41, 5.74) is 17.9. The van der Waals surface area contributed by atoms with Crippen LogP contribution in [0.25, 0.3) is 0 Å². The number of rotatable bonds is 23. The molecule has 0 aromatic heterocycles. The molecule has 21 heteroatoms. The lowest BCUT2D eigenvalue weighted by molar-refractivity contribution is -0.149. The Bertz CT molecular complexity index is 1760. The first-order chi connectivity index (χ1) is 29.4. The van der Waals surface area contributed by atoms with Crippen molar-refractivity contribution in [1.29, 1.82) is 0 Å². The van der Waals surface area contributed by atoms with Gasteiger partial charge in [0.2, 0.25) is 41.4 Å². The summed E-state index contributed by atoms with van der Waals surface area (Å²) in [6.45, 7) is 6.02. The Morgan fingerprint density at radius 1 is 0.806 bits per heavy atom. The van der Waals surface area contributed by atoms with Gasteiger partial charge in [0, 0.05) is 19.6 Å². The first-order valence-corrected chi connectivity index (χ1v) is 21.2. The zero-order valence-corrected chi connectivity index (χ0v) is 36.0. The Hall–Kier alpha value is -5.83. The summed E-state index contributed by atoms with van der Waals surface area (Å²) in [6.07, 6.45) is 2.62. The fourth-order valence-electron chi connectivity index (χ4n) is 7.44. The molecule has 1 aromatic carbocycles. The highest BCUT2D eigenvalue weighted by molar-refractivity contribution is 5.97. The number of carbonyl (C=O) groups is 8. The Labute approximate surface area is 361 Å². The lowest BCUT2D eigenvalue weighted by Gasteiger charge is -2.30. The Balaban J connectivity index is 1.63. The molecule has 2 heterocycles. The van der Waals surface area contributed by atoms with Crippen molar-refractivity contribution in [2.75, 3.05) is 32.8 Å². The number of hydrogen-bond acceptors (Lipinski definition) is 11. The number of aliphatic imine (C=N–C) groups is 1. The van der Waals surface area contributed by atoms with E-state index in [2.05, 4.69) is 31.6 Å². The zero-order chi connectivity index (χ0) is 46.1. The van der Waals surface area contributed by atoms with Crippen molar-refractivity contribution in [3.05, 3.63) is 35.9 Å². The van der Waals surface area contributed by atoms with Crippen molar-refractivity contribution in [1.82, 2.24) is 36.4 Å². The highest BCUT2D eigenvalue weighted by Crippen LogP contribution is 2.21. The van der Waals surface area contributed by atoms with Crippen molar-refractivity contribution in [3.63, 3.8) is 0 Å². The van der Waals surface area contributed by atoms with Crippen molar-refractivity contribution >= 4 is 53.3 Å². The summed E-state index contributed by atoms with van der Waals surface area (Å²) in [6, 6.07) is 1.31. The molecule has 3 rings (SSSR count). The second-order valence-electron chi connectivity index (χ2n) is 16.1. The van der Waals surface area contributed by atoms with E-state index in [1.165, 1.54) is 9.80 Å². The number of likely N-dealkylation sites (tertiary alicyclic amines) is 2. The SMILES string of the molecule is CC[C@H](C)[C@H](NC(=O)[C@H](CO)NC(=O)[C@@H]1CCCN1C(=O)[C@@H](N)Cc1ccccc1)C(=O)N[C@H](C(=O)NCC(=O)N[C@@H](CCCN=C(N)N)C(=O)N1CCC[C@H]1C(=O)O)C(C)C. The number of amides is 7. The normalized spacial score (nSPS) is 19.0. The summed E-state index contributed by atoms with van der Waals surface area (Å²) in [5.74, 6) is -7.08. The number of nitrogens with one attached hydrogen (secondary N) is 5. The van der Waals surface area contributed by atoms with Gasteiger partial charge in [0.05, 0.1) is 19.2 Å². The number of benzene rings is 1. The first-order valence-electron chi connectivity index (χ1n) is 21.2. The van der Waals surface area contributed by atoms with Crippen LogP contribution in [0.15, 0.2) is 35.3 Å². The summed E-state index contributed by atoms with van der Waals surface area (Å²) < 4.78 is 0. The molecule has 2 aliphatic rings. The molecule has 21 nitrogen and oxygen atoms in total. The van der Waals surface area contributed by atoms with E-state index in [4.69, 9.17) is 17.2 Å². The molecule has 2 saturated heterocycles. The zero-order valence-electron chi connectivity index (χ0n) is 36.0. The molecule has 2 aliphatic heterocycles. The van der Waals surface area contributed by atoms with E-state index >= 15 is 0 Å². The van der Waals surface area contributed by atoms with Crippen LogP contribution >= 0.6 is 0 Å². The molecule has 0 radical (unpaired) electrons. The van der Waals surface area contributed by atoms with Gasteiger partial charge in [-0.05, 0) is 62.3 Å². The van der Waals surface area contributed by atoms with Crippen molar-refractivity contribution in [3.8, 4) is 0 Å². The molecule has 13 N–H and O–H groups in total. The molecule has 0 aliphatic carbocycles. The molecule has 62 heavy (non-hydrogen) atoms. The predicted octanol–water partition coefficient (Wildman–Crippen LogP) is -2.57. The number of carbonyl (C=O) groups excluding carboxylic acids is 7. The minimum atomic E-state index is -1.48. The number of hydrogen-bond donors (Lipinski definition) is 10. The summed E-state index contributed by atoms with van der Waals surface area (Å²) in [7, 11) is 0. The topological polar surface area (TPSA) is 334 Å². The van der Waals surface area contributed by atoms with Gasteiger partial charge in [0.25, 0.3) is 0 Å². The molecule has 0 unspecified atom stereocenters. The molecule has 8 atom stereocenters. The lowest BCUT2D eigenvalue weighted by atomic mass is 9.96. The predicted molar refractivity (Wildman–Crippen MR) is 227 cm³/mol. The molecular weight excluding hydrogens is 807 g/mol. The van der Waals surface area contributed by atoms with E-state index in [9.17, 15) is 48.6 Å². The van der Waals surface area contributed by atoms with Crippen LogP contribution < -0.4 is 43.8 Å². The van der Waals surface area contributed by atoms with Crippen LogP contribution in [0.1, 0.15) is 78.2 Å². The number of carboxylic acids is 1. The van der Waals surface area contributed by atoms with Crippen LogP contribution in [0, 0.1) is 11.8 Å². The molecule has 344 valence electrons. The van der Waals surface area contributed by atoms with Crippen LogP contribution in [0.5, 0.6) is 0 Å². The van der Waals surface area contributed by atoms with E-state index < -0.39 is 115 Å². The highest BCUT2D eigenvalue weighted by Gasteiger charge is 2.40. The average molecular weight is 872 g/mol. The third-order valence-corrected chi connectivity index (χ3v) is 11.1. The van der Waals surface area contributed by atoms with Gasteiger partial charge in [-0.2, -0.15) is 0 Å². The van der Waals surface area contributed by atoms with Crippen LogP contribution in [-0.2, 0) is 44.8 Å². The first kappa shape index (κ1) is 50.5. The van der Waals surface area contributed by atoms with E-state index in [1.54, 1.807) is 27.7 Å². The van der Waals surface area contributed by atoms with E-state index in [0.29, 0.717) is 25.7 Å². The third kappa shape index (κ3) is 14.7. The highest BCUT2D eigenvalue weighted by atomic mass is 16.4. The maximum atomic E-state index is 13.8. The largest absolute Gasteiger partial charge is 0.480 e. The summed E-state index contributed by atoms with van der Waals surface area (Å²) in [5, 5.41) is 32.6. The minimum absolute atomic E-state index is 0.0783. The number of aliphatic carboxylic acids is 1. The van der Waals surface area contributed by atoms with Gasteiger partial charge in [0.1, 0.15) is 36.3 Å². The molecular formula is C41H65N11O10. The quantitative estimate of drug-likeness (QED) is 0.0308. The molecule has 0 spiro atoms. The van der Waals surface area contributed by atoms with Gasteiger partial charge < -0.3 is 63.8 Å². The van der Waals surface area contributed by atoms with Gasteiger partial charge in [-0.3, -0.25) is 38.6 Å². The smallest absolute Gasteiger partial charge is 0.326 e. The Morgan fingerprint density at radius 2 is 1.42 bits per heavy atom. The Kier molecular flexibility index (Phi) is 20.0. The van der Waals surface area contributed by atoms with Crippen LogP contribution in [0.4, 0.5) is 0 Å². The second kappa shape index (κ2) is 24.6. The molecule has 7 amide bonds. The Morgan fingerprint density at radius 3 is 2.00 bits per heavy atom. The van der Waals surface area contributed by atoms with Crippen molar-refractivity contribution < 1.29 is 48.6 Å². The van der Waals surface area contributed by atoms with Gasteiger partial charge in [-0.25, -0.2) is 4.79 Å². The van der Waals surface area contributed by atoms with Crippen molar-refractivity contribution in [2.45, 2.75) is 121 Å². The maximum absolute atomic E-state index is 13.8. The molecule has 2 fully saturated rings. The summed E-state index contributed by atoms with van der Waals surface area (Å²) in [4.78, 5) is 112. The molecule has 0 bridgehead atoms. The van der Waals surface area contributed by atoms with Crippen LogP contribution in [0.2, 0.25) is 0 Å². The standard InChI is InChI=1S/C41H65N11O10/c1-5-24(4)33(50-34(55)28(22-53)48-35(56)29-15-10-18-51(29)38(59)26(42)20-25-12-7-6-8-13-25)37(58)49-32(23(2)3)36(57)46-21-31(54)47-27(14-9-17-45-41(43)44)39(60)52-19-11-16-30(52)40(61)62/h6-8,12-13,23-24,26-30,32-33,53H,5,9-11,14-22,42H2,1-4H3,(H,46,57)(H,47,54)(H,48,56)(H,49,58)(H,50,55)(H,61,62)(H4,43,44,45)/t24-,26-,27-,28-,29-,30-,32-,33-/m0/s1. The number of guanidine groups is 1. The monoisotopic (exact) mass is 871 g/mol. The van der Waals surface area contributed by atoms with Crippen molar-refractivity contribution in [2.24, 2.45) is 34.0 Å². The molecule has 0 saturated carbocycles. The van der Waals surface area contributed by atoms with Gasteiger partial charge in [-0.15, -0.1) is 0 Å². The number of aliphatic hydroxyl groups excluding tert-OH is 1. The second-order valence-corrected chi connectivity index (χ2v) is 16.1. The van der Waals surface area contributed by atoms with Crippen LogP contribution in [-0.4, -0.2) is 148 Å². The van der Waals surface area contributed by atoms with Gasteiger partial charge >= 0.3 is 5.97 Å². The van der Waals surface area contributed by atoms with E-state index in [0.717, 1.165) is 5.56 Å². The third-order valence-electron chi connectivity index (χ3n) is 11.1. The number of carboxylic acid groups (broad SMARTS) is 1. The maximum Gasteiger partial charge on any atom is 0.326 e. The van der Waals surface area contributed by atoms with Gasteiger partial charge in [0.15, 0.2) is 5.96 Å². The van der Waals surface area contributed by atoms with E-state index in [1.807, 2.05) is 30.3 Å². The summed E-state index contributed by atoms with van der Waals surface area (Å²) >= 11 is 0. The number of nitrogens with two attached hydrogens (primary N) is 3. The lowest BCUT2D eigenvalue weighted by Crippen LogP contribution is -2.61. The number of aliphatic hydroxyl groups is 1. The molecule has 1 aromatic rings. The fourth-order valence-corrected chi connectivity index (χ4v) is 7.44. The van der Waals surface area contributed by atoms with Gasteiger partial charge in [-0.1, -0.05) is 64.4 Å². The average Bonchev–Trinajstić information content (AvgIpc) is 3.94. The van der Waals surface area contributed by atoms with Crippen LogP contribution in [0.3, 0.4) is 0 Å². The minimum Gasteiger partial charge on any atom is -0.480 e.